The lowest BCUT2D eigenvalue weighted by atomic mass is 10.1. The third kappa shape index (κ3) is 1.87. The van der Waals surface area contributed by atoms with Gasteiger partial charge in [-0.25, -0.2) is 14.3 Å². The van der Waals surface area contributed by atoms with Crippen molar-refractivity contribution < 1.29 is 9.53 Å². The summed E-state index contributed by atoms with van der Waals surface area (Å²) in [5, 5.41) is 4.20. The van der Waals surface area contributed by atoms with E-state index in [0.29, 0.717) is 29.5 Å². The van der Waals surface area contributed by atoms with E-state index < -0.39 is 5.97 Å². The zero-order valence-electron chi connectivity index (χ0n) is 10.1. The monoisotopic (exact) mass is 241 g/mol. The summed E-state index contributed by atoms with van der Waals surface area (Å²) in [6.07, 6.45) is 2.22. The van der Waals surface area contributed by atoms with E-state index in [9.17, 15) is 4.79 Å². The topological polar surface area (TPSA) is 56.5 Å². The average molecular weight is 241 g/mol. The van der Waals surface area contributed by atoms with Gasteiger partial charge in [-0.05, 0) is 31.9 Å². The van der Waals surface area contributed by atoms with E-state index in [0.717, 1.165) is 18.5 Å². The van der Waals surface area contributed by atoms with Gasteiger partial charge in [0.05, 0.1) is 6.61 Å². The molecule has 18 heavy (non-hydrogen) atoms. The zero-order valence-corrected chi connectivity index (χ0v) is 10.1. The highest BCUT2D eigenvalue weighted by Crippen LogP contribution is 2.39. The first-order chi connectivity index (χ1) is 8.69. The minimum atomic E-state index is -0.401. The molecule has 0 aromatic carbocycles. The van der Waals surface area contributed by atoms with Crippen LogP contribution in [-0.2, 0) is 4.74 Å². The molecule has 6 heteroatoms. The Hall–Kier alpha value is -1.85. The SMILES string of the molecule is [B]c1cc2nc(C(=O)OCC)cc(C3CC3)n2n1. The van der Waals surface area contributed by atoms with Crippen LogP contribution in [0.4, 0.5) is 0 Å². The molecule has 2 aromatic heterocycles. The van der Waals surface area contributed by atoms with E-state index in [-0.39, 0.29) is 0 Å². The van der Waals surface area contributed by atoms with Gasteiger partial charge < -0.3 is 4.74 Å². The fourth-order valence-electron chi connectivity index (χ4n) is 2.00. The molecule has 2 heterocycles. The van der Waals surface area contributed by atoms with Crippen LogP contribution in [0, 0.1) is 0 Å². The second-order valence-electron chi connectivity index (χ2n) is 4.40. The fourth-order valence-corrected chi connectivity index (χ4v) is 2.00. The van der Waals surface area contributed by atoms with Crippen molar-refractivity contribution in [2.24, 2.45) is 0 Å². The largest absolute Gasteiger partial charge is 0.461 e. The number of carbonyl (C=O) groups excluding carboxylic acids is 1. The van der Waals surface area contributed by atoms with Crippen LogP contribution in [0.5, 0.6) is 0 Å². The Labute approximate surface area is 106 Å². The molecule has 0 N–H and O–H groups in total. The summed E-state index contributed by atoms with van der Waals surface area (Å²) in [5.74, 6) is 0.0460. The summed E-state index contributed by atoms with van der Waals surface area (Å²) in [6, 6.07) is 3.42. The highest BCUT2D eigenvalue weighted by Gasteiger charge is 2.28. The Balaban J connectivity index is 2.13. The number of esters is 1. The summed E-state index contributed by atoms with van der Waals surface area (Å²) in [6.45, 7) is 2.11. The van der Waals surface area contributed by atoms with Gasteiger partial charge in [-0.2, -0.15) is 5.10 Å². The molecule has 0 unspecified atom stereocenters. The summed E-state index contributed by atoms with van der Waals surface area (Å²) >= 11 is 0. The van der Waals surface area contributed by atoms with Crippen LogP contribution in [0.3, 0.4) is 0 Å². The molecule has 90 valence electrons. The number of fused-ring (bicyclic) bond motifs is 1. The number of hydrogen-bond acceptors (Lipinski definition) is 4. The molecule has 0 atom stereocenters. The summed E-state index contributed by atoms with van der Waals surface area (Å²) in [4.78, 5) is 16.0. The molecular weight excluding hydrogens is 229 g/mol. The summed E-state index contributed by atoms with van der Waals surface area (Å²) < 4.78 is 6.69. The molecule has 0 spiro atoms. The molecule has 0 bridgehead atoms. The Morgan fingerprint density at radius 3 is 3.00 bits per heavy atom. The normalized spacial score (nSPS) is 14.9. The van der Waals surface area contributed by atoms with Gasteiger partial charge in [0.2, 0.25) is 0 Å². The third-order valence-corrected chi connectivity index (χ3v) is 2.95. The van der Waals surface area contributed by atoms with Crippen LogP contribution in [0.15, 0.2) is 12.1 Å². The highest BCUT2D eigenvalue weighted by molar-refractivity contribution is 6.31. The number of nitrogens with zero attached hydrogens (tertiary/aromatic N) is 3. The van der Waals surface area contributed by atoms with E-state index in [1.165, 1.54) is 0 Å². The Morgan fingerprint density at radius 1 is 1.56 bits per heavy atom. The van der Waals surface area contributed by atoms with E-state index in [1.54, 1.807) is 23.6 Å². The van der Waals surface area contributed by atoms with Crippen molar-refractivity contribution in [3.8, 4) is 0 Å². The standard InChI is InChI=1S/C12H12BN3O2/c1-2-18-12(17)8-5-9(7-3-4-7)16-11(14-8)6-10(13)15-16/h5-7H,2-4H2,1H3. The zero-order chi connectivity index (χ0) is 12.7. The van der Waals surface area contributed by atoms with Gasteiger partial charge in [-0.15, -0.1) is 0 Å². The molecule has 2 radical (unpaired) electrons. The lowest BCUT2D eigenvalue weighted by Crippen LogP contribution is -2.11. The number of carbonyl (C=O) groups is 1. The van der Waals surface area contributed by atoms with Crippen LogP contribution in [-0.4, -0.2) is 35.0 Å². The maximum Gasteiger partial charge on any atom is 0.357 e. The maximum atomic E-state index is 11.7. The number of aromatic nitrogens is 3. The van der Waals surface area contributed by atoms with Crippen molar-refractivity contribution in [1.29, 1.82) is 0 Å². The molecule has 0 aliphatic heterocycles. The van der Waals surface area contributed by atoms with Gasteiger partial charge in [-0.1, -0.05) is 0 Å². The molecule has 3 rings (SSSR count). The Bertz CT molecular complexity index is 619. The molecule has 0 amide bonds. The molecular formula is C12H12BN3O2. The first kappa shape index (κ1) is 11.3. The molecule has 1 aliphatic carbocycles. The van der Waals surface area contributed by atoms with Crippen LogP contribution in [0.1, 0.15) is 41.9 Å². The van der Waals surface area contributed by atoms with Gasteiger partial charge in [0.1, 0.15) is 7.85 Å². The number of ether oxygens (including phenoxy) is 1. The molecule has 1 fully saturated rings. The van der Waals surface area contributed by atoms with Gasteiger partial charge in [0, 0.05) is 17.2 Å². The first-order valence-electron chi connectivity index (χ1n) is 6.02. The van der Waals surface area contributed by atoms with Crippen LogP contribution in [0.2, 0.25) is 0 Å². The van der Waals surface area contributed by atoms with E-state index in [2.05, 4.69) is 10.1 Å². The van der Waals surface area contributed by atoms with E-state index >= 15 is 0 Å². The minimum Gasteiger partial charge on any atom is -0.461 e. The quantitative estimate of drug-likeness (QED) is 0.582. The lowest BCUT2D eigenvalue weighted by molar-refractivity contribution is 0.0519. The predicted molar refractivity (Wildman–Crippen MR) is 66.3 cm³/mol. The smallest absolute Gasteiger partial charge is 0.357 e. The van der Waals surface area contributed by atoms with Crippen molar-refractivity contribution >= 4 is 25.1 Å². The molecule has 0 saturated heterocycles. The first-order valence-corrected chi connectivity index (χ1v) is 6.02. The highest BCUT2D eigenvalue weighted by atomic mass is 16.5. The van der Waals surface area contributed by atoms with Crippen LogP contribution >= 0.6 is 0 Å². The number of hydrogen-bond donors (Lipinski definition) is 0. The second-order valence-corrected chi connectivity index (χ2v) is 4.40. The van der Waals surface area contributed by atoms with Gasteiger partial charge in [-0.3, -0.25) is 0 Å². The van der Waals surface area contributed by atoms with Crippen LogP contribution in [0.25, 0.3) is 5.65 Å². The lowest BCUT2D eigenvalue weighted by Gasteiger charge is -2.06. The van der Waals surface area contributed by atoms with Crippen molar-refractivity contribution in [1.82, 2.24) is 14.6 Å². The van der Waals surface area contributed by atoms with Crippen molar-refractivity contribution in [2.45, 2.75) is 25.7 Å². The Morgan fingerprint density at radius 2 is 2.33 bits per heavy atom. The minimum absolute atomic E-state index is 0.325. The van der Waals surface area contributed by atoms with E-state index in [1.807, 2.05) is 0 Å². The predicted octanol–water partition coefficient (Wildman–Crippen LogP) is 0.577. The van der Waals surface area contributed by atoms with Gasteiger partial charge >= 0.3 is 5.97 Å². The molecule has 2 aromatic rings. The van der Waals surface area contributed by atoms with E-state index in [4.69, 9.17) is 12.6 Å². The van der Waals surface area contributed by atoms with Crippen LogP contribution < -0.4 is 5.59 Å². The van der Waals surface area contributed by atoms with Gasteiger partial charge in [0.15, 0.2) is 11.3 Å². The third-order valence-electron chi connectivity index (χ3n) is 2.95. The van der Waals surface area contributed by atoms with Crippen molar-refractivity contribution in [3.05, 3.63) is 23.5 Å². The summed E-state index contributed by atoms with van der Waals surface area (Å²) in [7, 11) is 5.68. The van der Waals surface area contributed by atoms with Gasteiger partial charge in [0.25, 0.3) is 0 Å². The van der Waals surface area contributed by atoms with Crippen molar-refractivity contribution in [3.63, 3.8) is 0 Å². The molecule has 1 saturated carbocycles. The van der Waals surface area contributed by atoms with Crippen molar-refractivity contribution in [2.75, 3.05) is 6.61 Å². The Kier molecular flexibility index (Phi) is 2.58. The number of rotatable bonds is 3. The molecule has 1 aliphatic rings. The second kappa shape index (κ2) is 4.12. The average Bonchev–Trinajstić information content (AvgIpc) is 3.09. The molecule has 5 nitrogen and oxygen atoms in total. The maximum absolute atomic E-state index is 11.7. The summed E-state index contributed by atoms with van der Waals surface area (Å²) in [5.41, 5.74) is 2.32. The fraction of sp³-hybridized carbons (Fsp3) is 0.417.